The summed E-state index contributed by atoms with van der Waals surface area (Å²) in [4.78, 5) is 0. The molecule has 0 aliphatic heterocycles. The van der Waals surface area contributed by atoms with Crippen LogP contribution in [0.3, 0.4) is 0 Å². The Morgan fingerprint density at radius 1 is 0.643 bits per heavy atom. The Morgan fingerprint density at radius 2 is 1.04 bits per heavy atom. The summed E-state index contributed by atoms with van der Waals surface area (Å²) in [7, 11) is 0. The largest absolute Gasteiger partial charge is 0.389 e. The van der Waals surface area contributed by atoms with Gasteiger partial charge in [-0.15, -0.1) is 0 Å². The molecule has 0 spiro atoms. The van der Waals surface area contributed by atoms with Gasteiger partial charge in [-0.2, -0.15) is 0 Å². The first-order valence-electron chi connectivity index (χ1n) is 12.5. The maximum Gasteiger partial charge on any atom is 0.0764 e. The topological polar surface area (TPSA) is 40.5 Å². The van der Waals surface area contributed by atoms with Gasteiger partial charge in [0, 0.05) is 5.41 Å². The number of hydrogen-bond acceptors (Lipinski definition) is 2. The molecule has 0 radical (unpaired) electrons. The molecule has 3 rings (SSSR count). The van der Waals surface area contributed by atoms with Crippen molar-refractivity contribution in [2.45, 2.75) is 123 Å². The lowest BCUT2D eigenvalue weighted by atomic mass is 9.42. The Labute approximate surface area is 174 Å². The van der Waals surface area contributed by atoms with Gasteiger partial charge in [0.2, 0.25) is 0 Å². The standard InChI is InChI=1S/C26H48O2/c1-18(2)22-12-10-20(5)16-25(22,27)24(14-8-7-9-15-24)26(28)17-21(6)11-13-23(26)19(3)4/h18-23,27-28H,7-17H2,1-6H3. The van der Waals surface area contributed by atoms with E-state index in [1.165, 1.54) is 32.1 Å². The van der Waals surface area contributed by atoms with Gasteiger partial charge in [-0.25, -0.2) is 0 Å². The highest BCUT2D eigenvalue weighted by Crippen LogP contribution is 2.65. The zero-order chi connectivity index (χ0) is 20.7. The zero-order valence-corrected chi connectivity index (χ0v) is 19.6. The molecule has 2 nitrogen and oxygen atoms in total. The molecule has 164 valence electrons. The van der Waals surface area contributed by atoms with Crippen molar-refractivity contribution in [1.82, 2.24) is 0 Å². The fourth-order valence-electron chi connectivity index (χ4n) is 8.24. The van der Waals surface area contributed by atoms with E-state index >= 15 is 0 Å². The summed E-state index contributed by atoms with van der Waals surface area (Å²) < 4.78 is 0. The zero-order valence-electron chi connectivity index (χ0n) is 19.6. The average Bonchev–Trinajstić information content (AvgIpc) is 2.61. The van der Waals surface area contributed by atoms with Crippen LogP contribution in [0.4, 0.5) is 0 Å². The first-order chi connectivity index (χ1) is 13.1. The molecular weight excluding hydrogens is 344 g/mol. The molecule has 28 heavy (non-hydrogen) atoms. The van der Waals surface area contributed by atoms with Crippen molar-refractivity contribution in [3.8, 4) is 0 Å². The van der Waals surface area contributed by atoms with Gasteiger partial charge in [-0.3, -0.25) is 0 Å². The third kappa shape index (κ3) is 3.49. The maximum atomic E-state index is 12.7. The molecule has 0 aromatic heterocycles. The fraction of sp³-hybridized carbons (Fsp3) is 1.00. The molecular formula is C26H48O2. The van der Waals surface area contributed by atoms with Gasteiger partial charge in [-0.1, -0.05) is 73.6 Å². The number of hydrogen-bond donors (Lipinski definition) is 2. The van der Waals surface area contributed by atoms with Crippen LogP contribution in [0.2, 0.25) is 0 Å². The van der Waals surface area contributed by atoms with Crippen LogP contribution < -0.4 is 0 Å². The molecule has 6 atom stereocenters. The van der Waals surface area contributed by atoms with E-state index in [1.807, 2.05) is 0 Å². The van der Waals surface area contributed by atoms with Gasteiger partial charge >= 0.3 is 0 Å². The normalized spacial score (nSPS) is 44.8. The van der Waals surface area contributed by atoms with E-state index in [0.29, 0.717) is 35.5 Å². The van der Waals surface area contributed by atoms with Crippen molar-refractivity contribution < 1.29 is 10.2 Å². The van der Waals surface area contributed by atoms with E-state index in [-0.39, 0.29) is 5.41 Å². The van der Waals surface area contributed by atoms with E-state index in [9.17, 15) is 10.2 Å². The van der Waals surface area contributed by atoms with Crippen LogP contribution in [0.5, 0.6) is 0 Å². The Balaban J connectivity index is 2.15. The Morgan fingerprint density at radius 3 is 1.39 bits per heavy atom. The van der Waals surface area contributed by atoms with Gasteiger partial charge in [0.25, 0.3) is 0 Å². The van der Waals surface area contributed by atoms with Crippen LogP contribution in [-0.4, -0.2) is 21.4 Å². The summed E-state index contributed by atoms with van der Waals surface area (Å²) in [5.41, 5.74) is -1.78. The van der Waals surface area contributed by atoms with Crippen LogP contribution in [0.15, 0.2) is 0 Å². The molecule has 3 aliphatic rings. The third-order valence-electron chi connectivity index (χ3n) is 9.46. The summed E-state index contributed by atoms with van der Waals surface area (Å²) in [6.45, 7) is 13.9. The van der Waals surface area contributed by atoms with Crippen molar-refractivity contribution in [3.63, 3.8) is 0 Å². The molecule has 0 heterocycles. The number of rotatable bonds is 4. The predicted molar refractivity (Wildman–Crippen MR) is 118 cm³/mol. The minimum absolute atomic E-state index is 0.316. The van der Waals surface area contributed by atoms with E-state index in [2.05, 4.69) is 41.5 Å². The SMILES string of the molecule is CC1CCC(C(C)C)C(O)(C2(C3(O)CC(C)CCC3C(C)C)CCCCC2)C1. The highest BCUT2D eigenvalue weighted by molar-refractivity contribution is 5.18. The van der Waals surface area contributed by atoms with Crippen molar-refractivity contribution in [2.24, 2.45) is 40.9 Å². The van der Waals surface area contributed by atoms with Gasteiger partial charge in [-0.05, 0) is 74.0 Å². The highest BCUT2D eigenvalue weighted by atomic mass is 16.3. The van der Waals surface area contributed by atoms with Crippen molar-refractivity contribution in [2.75, 3.05) is 0 Å². The summed E-state index contributed by atoms with van der Waals surface area (Å²) in [6.07, 6.45) is 12.1. The molecule has 0 saturated heterocycles. The minimum Gasteiger partial charge on any atom is -0.389 e. The average molecular weight is 393 g/mol. The third-order valence-corrected chi connectivity index (χ3v) is 9.46. The summed E-state index contributed by atoms with van der Waals surface area (Å²) in [5.74, 6) is 2.69. The second-order valence-electron chi connectivity index (χ2n) is 12.0. The Bertz CT molecular complexity index is 481. The minimum atomic E-state index is -0.724. The molecule has 3 aliphatic carbocycles. The van der Waals surface area contributed by atoms with Crippen molar-refractivity contribution in [3.05, 3.63) is 0 Å². The molecule has 0 bridgehead atoms. The summed E-state index contributed by atoms with van der Waals surface area (Å²) in [5, 5.41) is 25.4. The van der Waals surface area contributed by atoms with Crippen molar-refractivity contribution >= 4 is 0 Å². The molecule has 0 aromatic carbocycles. The van der Waals surface area contributed by atoms with Gasteiger partial charge < -0.3 is 10.2 Å². The van der Waals surface area contributed by atoms with Crippen LogP contribution in [0, 0.1) is 40.9 Å². The Kier molecular flexibility index (Phi) is 6.63. The van der Waals surface area contributed by atoms with E-state index in [0.717, 1.165) is 38.5 Å². The molecule has 6 unspecified atom stereocenters. The van der Waals surface area contributed by atoms with E-state index in [1.54, 1.807) is 0 Å². The first-order valence-corrected chi connectivity index (χ1v) is 12.5. The second kappa shape index (κ2) is 8.22. The summed E-state index contributed by atoms with van der Waals surface area (Å²) in [6, 6.07) is 0. The molecule has 3 fully saturated rings. The van der Waals surface area contributed by atoms with Crippen molar-refractivity contribution in [1.29, 1.82) is 0 Å². The molecule has 2 N–H and O–H groups in total. The quantitative estimate of drug-likeness (QED) is 0.567. The molecule has 2 heteroatoms. The van der Waals surface area contributed by atoms with Crippen LogP contribution in [-0.2, 0) is 0 Å². The highest BCUT2D eigenvalue weighted by Gasteiger charge is 2.67. The second-order valence-corrected chi connectivity index (χ2v) is 12.0. The van der Waals surface area contributed by atoms with E-state index < -0.39 is 11.2 Å². The lowest BCUT2D eigenvalue weighted by Crippen LogP contribution is -2.71. The Hall–Kier alpha value is -0.0800. The van der Waals surface area contributed by atoms with Gasteiger partial charge in [0.1, 0.15) is 0 Å². The smallest absolute Gasteiger partial charge is 0.0764 e. The lowest BCUT2D eigenvalue weighted by molar-refractivity contribution is -0.284. The fourth-order valence-corrected chi connectivity index (χ4v) is 8.24. The maximum absolute atomic E-state index is 12.7. The van der Waals surface area contributed by atoms with Gasteiger partial charge in [0.15, 0.2) is 0 Å². The molecule has 0 aromatic rings. The number of aliphatic hydroxyl groups is 2. The monoisotopic (exact) mass is 392 g/mol. The lowest BCUT2D eigenvalue weighted by Gasteiger charge is -2.66. The van der Waals surface area contributed by atoms with Gasteiger partial charge in [0.05, 0.1) is 11.2 Å². The summed E-state index contributed by atoms with van der Waals surface area (Å²) >= 11 is 0. The molecule has 3 saturated carbocycles. The molecule has 0 amide bonds. The van der Waals surface area contributed by atoms with Crippen LogP contribution in [0.25, 0.3) is 0 Å². The first kappa shape index (κ1) is 22.6. The van der Waals surface area contributed by atoms with Crippen LogP contribution in [0.1, 0.15) is 112 Å². The van der Waals surface area contributed by atoms with Crippen LogP contribution >= 0.6 is 0 Å². The predicted octanol–water partition coefficient (Wildman–Crippen LogP) is 6.58. The van der Waals surface area contributed by atoms with E-state index in [4.69, 9.17) is 0 Å².